The van der Waals surface area contributed by atoms with E-state index in [2.05, 4.69) is 5.32 Å². The largest absolute Gasteiger partial charge is 0.367 e. The number of carbonyl (C=O) groups excluding carboxylic acids is 3. The number of rotatable bonds is 5. The Labute approximate surface area is 163 Å². The molecule has 3 amide bonds. The highest BCUT2D eigenvalue weighted by molar-refractivity contribution is 6.07. The normalized spacial score (nSPS) is 26.0. The first-order valence-corrected chi connectivity index (χ1v) is 9.71. The molecule has 3 aliphatic rings. The molecule has 1 unspecified atom stereocenters. The third-order valence-electron chi connectivity index (χ3n) is 6.10. The fourth-order valence-electron chi connectivity index (χ4n) is 4.09. The number of hydrogen-bond acceptors (Lipinski definition) is 5. The summed E-state index contributed by atoms with van der Waals surface area (Å²) in [5, 5.41) is 2.86. The predicted molar refractivity (Wildman–Crippen MR) is 102 cm³/mol. The van der Waals surface area contributed by atoms with Crippen molar-refractivity contribution >= 4 is 23.4 Å². The molecular formula is C20H25FN4O3. The van der Waals surface area contributed by atoms with E-state index in [0.717, 1.165) is 12.8 Å². The topological polar surface area (TPSA) is 73.0 Å². The van der Waals surface area contributed by atoms with E-state index in [0.29, 0.717) is 37.4 Å². The van der Waals surface area contributed by atoms with Crippen LogP contribution in [0.5, 0.6) is 0 Å². The monoisotopic (exact) mass is 388 g/mol. The molecular weight excluding hydrogens is 363 g/mol. The van der Waals surface area contributed by atoms with Crippen LogP contribution in [0.3, 0.4) is 0 Å². The molecule has 150 valence electrons. The van der Waals surface area contributed by atoms with E-state index >= 15 is 0 Å². The van der Waals surface area contributed by atoms with Crippen LogP contribution in [0.1, 0.15) is 37.0 Å². The maximum absolute atomic E-state index is 14.4. The zero-order valence-corrected chi connectivity index (χ0v) is 16.2. The number of Topliss-reactive ketones (excluding diaryl/α,β-unsaturated/α-hetero) is 1. The number of piperazine rings is 1. The molecule has 0 bridgehead atoms. The average molecular weight is 388 g/mol. The lowest BCUT2D eigenvalue weighted by Crippen LogP contribution is -2.52. The van der Waals surface area contributed by atoms with Crippen molar-refractivity contribution in [1.82, 2.24) is 15.1 Å². The molecule has 4 rings (SSSR count). The second-order valence-electron chi connectivity index (χ2n) is 8.11. The van der Waals surface area contributed by atoms with Crippen molar-refractivity contribution in [2.24, 2.45) is 5.92 Å². The fraction of sp³-hybridized carbons (Fsp3) is 0.550. The molecule has 1 aromatic carbocycles. The third kappa shape index (κ3) is 3.26. The van der Waals surface area contributed by atoms with Gasteiger partial charge in [-0.3, -0.25) is 14.5 Å². The van der Waals surface area contributed by atoms with Crippen molar-refractivity contribution in [2.45, 2.75) is 32.2 Å². The highest BCUT2D eigenvalue weighted by atomic mass is 19.1. The van der Waals surface area contributed by atoms with Gasteiger partial charge in [-0.1, -0.05) is 0 Å². The van der Waals surface area contributed by atoms with E-state index in [1.807, 2.05) is 16.7 Å². The van der Waals surface area contributed by atoms with Gasteiger partial charge in [-0.05, 0) is 50.8 Å². The van der Waals surface area contributed by atoms with Gasteiger partial charge < -0.3 is 10.2 Å². The molecule has 2 heterocycles. The molecule has 2 aliphatic heterocycles. The summed E-state index contributed by atoms with van der Waals surface area (Å²) in [6, 6.07) is 4.22. The first kappa shape index (κ1) is 18.9. The minimum absolute atomic E-state index is 0.145. The summed E-state index contributed by atoms with van der Waals surface area (Å²) in [6.07, 6.45) is 1.95. The second-order valence-corrected chi connectivity index (χ2v) is 8.11. The molecule has 1 atom stereocenters. The lowest BCUT2D eigenvalue weighted by atomic mass is 9.96. The van der Waals surface area contributed by atoms with Gasteiger partial charge in [0, 0.05) is 31.7 Å². The lowest BCUT2D eigenvalue weighted by Gasteiger charge is -2.37. The Morgan fingerprint density at radius 2 is 1.89 bits per heavy atom. The number of imide groups is 1. The van der Waals surface area contributed by atoms with Crippen molar-refractivity contribution < 1.29 is 18.8 Å². The van der Waals surface area contributed by atoms with Gasteiger partial charge in [0.15, 0.2) is 5.78 Å². The quantitative estimate of drug-likeness (QED) is 0.615. The predicted octanol–water partition coefficient (Wildman–Crippen LogP) is 1.83. The summed E-state index contributed by atoms with van der Waals surface area (Å²) < 4.78 is 14.4. The molecule has 0 spiro atoms. The molecule has 8 heteroatoms. The molecule has 1 N–H and O–H groups in total. The van der Waals surface area contributed by atoms with Crippen molar-refractivity contribution in [3.8, 4) is 0 Å². The van der Waals surface area contributed by atoms with Crippen molar-refractivity contribution in [3.05, 3.63) is 29.6 Å². The molecule has 2 saturated heterocycles. The number of carbonyl (C=O) groups is 3. The SMILES string of the molecule is CC(=O)c1ccc(N2CCN(CN3C(=O)NC(C)(C4CC4)C3=O)CC2)c(F)c1. The van der Waals surface area contributed by atoms with E-state index in [4.69, 9.17) is 0 Å². The van der Waals surface area contributed by atoms with Crippen LogP contribution < -0.4 is 10.2 Å². The number of benzene rings is 1. The molecule has 1 aliphatic carbocycles. The Kier molecular flexibility index (Phi) is 4.61. The Bertz CT molecular complexity index is 833. The number of amides is 3. The number of anilines is 1. The van der Waals surface area contributed by atoms with Crippen LogP contribution in [0.25, 0.3) is 0 Å². The number of nitrogens with one attached hydrogen (secondary N) is 1. The first-order valence-electron chi connectivity index (χ1n) is 9.71. The van der Waals surface area contributed by atoms with Crippen molar-refractivity contribution in [3.63, 3.8) is 0 Å². The highest BCUT2D eigenvalue weighted by Crippen LogP contribution is 2.42. The van der Waals surface area contributed by atoms with Gasteiger partial charge in [0.25, 0.3) is 5.91 Å². The summed E-state index contributed by atoms with van der Waals surface area (Å²) in [7, 11) is 0. The Hall–Kier alpha value is -2.48. The second kappa shape index (κ2) is 6.84. The van der Waals surface area contributed by atoms with Crippen LogP contribution in [0.4, 0.5) is 14.9 Å². The molecule has 0 aromatic heterocycles. The summed E-state index contributed by atoms with van der Waals surface area (Å²) in [6.45, 7) is 5.89. The minimum atomic E-state index is -0.763. The molecule has 1 saturated carbocycles. The number of ketones is 1. The van der Waals surface area contributed by atoms with Crippen molar-refractivity contribution in [1.29, 1.82) is 0 Å². The van der Waals surface area contributed by atoms with Crippen LogP contribution in [0.15, 0.2) is 18.2 Å². The molecule has 7 nitrogen and oxygen atoms in total. The van der Waals surface area contributed by atoms with Gasteiger partial charge >= 0.3 is 6.03 Å². The van der Waals surface area contributed by atoms with E-state index in [-0.39, 0.29) is 30.3 Å². The number of nitrogens with zero attached hydrogens (tertiary/aromatic N) is 3. The van der Waals surface area contributed by atoms with Gasteiger partial charge in [0.2, 0.25) is 0 Å². The summed E-state index contributed by atoms with van der Waals surface area (Å²) in [5.41, 5.74) is 0.0682. The van der Waals surface area contributed by atoms with Gasteiger partial charge in [0.05, 0.1) is 12.4 Å². The summed E-state index contributed by atoms with van der Waals surface area (Å²) in [5.74, 6) is -0.475. The zero-order chi connectivity index (χ0) is 20.1. The summed E-state index contributed by atoms with van der Waals surface area (Å²) >= 11 is 0. The average Bonchev–Trinajstić information content (AvgIpc) is 3.48. The number of halogens is 1. The number of hydrogen-bond donors (Lipinski definition) is 1. The summed E-state index contributed by atoms with van der Waals surface area (Å²) in [4.78, 5) is 41.7. The van der Waals surface area contributed by atoms with Gasteiger partial charge in [-0.2, -0.15) is 0 Å². The van der Waals surface area contributed by atoms with Crippen LogP contribution in [-0.4, -0.2) is 65.9 Å². The lowest BCUT2D eigenvalue weighted by molar-refractivity contribution is -0.133. The van der Waals surface area contributed by atoms with Crippen molar-refractivity contribution in [2.75, 3.05) is 37.7 Å². The van der Waals surface area contributed by atoms with E-state index in [1.54, 1.807) is 12.1 Å². The molecule has 3 fully saturated rings. The van der Waals surface area contributed by atoms with Crippen LogP contribution in [0, 0.1) is 11.7 Å². The Morgan fingerprint density at radius 1 is 1.21 bits per heavy atom. The maximum Gasteiger partial charge on any atom is 0.326 e. The first-order chi connectivity index (χ1) is 13.3. The Balaban J connectivity index is 1.36. The third-order valence-corrected chi connectivity index (χ3v) is 6.10. The molecule has 0 radical (unpaired) electrons. The number of urea groups is 1. The standard InChI is InChI=1S/C20H25FN4O3/c1-13(26)14-3-6-17(16(21)11-14)24-9-7-23(8-10-24)12-25-18(27)20(2,15-4-5-15)22-19(25)28/h3,6,11,15H,4-5,7-10,12H2,1-2H3,(H,22,28). The smallest absolute Gasteiger partial charge is 0.326 e. The fourth-order valence-corrected chi connectivity index (χ4v) is 4.09. The van der Waals surface area contributed by atoms with Crippen LogP contribution in [0.2, 0.25) is 0 Å². The molecule has 1 aromatic rings. The van der Waals surface area contributed by atoms with Gasteiger partial charge in [-0.15, -0.1) is 0 Å². The van der Waals surface area contributed by atoms with E-state index < -0.39 is 11.4 Å². The minimum Gasteiger partial charge on any atom is -0.367 e. The van der Waals surface area contributed by atoms with Crippen LogP contribution in [-0.2, 0) is 4.79 Å². The van der Waals surface area contributed by atoms with Gasteiger partial charge in [0.1, 0.15) is 11.4 Å². The van der Waals surface area contributed by atoms with E-state index in [9.17, 15) is 18.8 Å². The Morgan fingerprint density at radius 3 is 2.46 bits per heavy atom. The van der Waals surface area contributed by atoms with Gasteiger partial charge in [-0.25, -0.2) is 14.1 Å². The maximum atomic E-state index is 14.4. The molecule has 28 heavy (non-hydrogen) atoms. The zero-order valence-electron chi connectivity index (χ0n) is 16.2. The highest BCUT2D eigenvalue weighted by Gasteiger charge is 2.56. The van der Waals surface area contributed by atoms with Crippen LogP contribution >= 0.6 is 0 Å². The van der Waals surface area contributed by atoms with E-state index in [1.165, 1.54) is 17.9 Å².